The van der Waals surface area contributed by atoms with Crippen LogP contribution < -0.4 is 0 Å². The molecule has 1 aliphatic rings. The van der Waals surface area contributed by atoms with E-state index in [1.807, 2.05) is 37.3 Å². The summed E-state index contributed by atoms with van der Waals surface area (Å²) in [5, 5.41) is 10.3. The molecule has 1 aromatic rings. The van der Waals surface area contributed by atoms with E-state index < -0.39 is 5.60 Å². The molecule has 0 radical (unpaired) electrons. The molecule has 0 bridgehead atoms. The Bertz CT molecular complexity index is 501. The standard InChI is InChI=1S/C17H23NO2/c1-14-6-5-7-15(12-14)8-9-16(19)18(2)13-17(20)10-3-4-11-17/h5-9,12,20H,3-4,10-11,13H2,1-2H3/b9-8+. The van der Waals surface area contributed by atoms with Gasteiger partial charge in [-0.3, -0.25) is 4.79 Å². The summed E-state index contributed by atoms with van der Waals surface area (Å²) < 4.78 is 0. The molecule has 108 valence electrons. The topological polar surface area (TPSA) is 40.5 Å². The minimum absolute atomic E-state index is 0.0631. The van der Waals surface area contributed by atoms with Crippen molar-refractivity contribution >= 4 is 12.0 Å². The predicted octanol–water partition coefficient (Wildman–Crippen LogP) is 2.77. The maximum absolute atomic E-state index is 12.1. The molecule has 1 aromatic carbocycles. The molecule has 20 heavy (non-hydrogen) atoms. The van der Waals surface area contributed by atoms with Gasteiger partial charge in [-0.2, -0.15) is 0 Å². The Morgan fingerprint density at radius 3 is 2.75 bits per heavy atom. The van der Waals surface area contributed by atoms with Crippen molar-refractivity contribution in [2.75, 3.05) is 13.6 Å². The molecule has 1 fully saturated rings. The average molecular weight is 273 g/mol. The Morgan fingerprint density at radius 2 is 2.10 bits per heavy atom. The third-order valence-electron chi connectivity index (χ3n) is 3.90. The lowest BCUT2D eigenvalue weighted by atomic mass is 10.0. The summed E-state index contributed by atoms with van der Waals surface area (Å²) in [4.78, 5) is 13.7. The van der Waals surface area contributed by atoms with Gasteiger partial charge in [0, 0.05) is 19.7 Å². The number of benzene rings is 1. The smallest absolute Gasteiger partial charge is 0.246 e. The number of carbonyl (C=O) groups is 1. The van der Waals surface area contributed by atoms with Crippen LogP contribution in [-0.2, 0) is 4.79 Å². The number of aliphatic hydroxyl groups is 1. The van der Waals surface area contributed by atoms with Crippen molar-refractivity contribution in [2.24, 2.45) is 0 Å². The van der Waals surface area contributed by atoms with Crippen LogP contribution in [0.15, 0.2) is 30.3 Å². The summed E-state index contributed by atoms with van der Waals surface area (Å²) in [5.74, 6) is -0.0631. The highest BCUT2D eigenvalue weighted by Crippen LogP contribution is 2.29. The number of nitrogens with zero attached hydrogens (tertiary/aromatic N) is 1. The van der Waals surface area contributed by atoms with Crippen molar-refractivity contribution in [1.29, 1.82) is 0 Å². The van der Waals surface area contributed by atoms with Crippen molar-refractivity contribution in [3.63, 3.8) is 0 Å². The van der Waals surface area contributed by atoms with Crippen LogP contribution in [0.4, 0.5) is 0 Å². The molecule has 0 aromatic heterocycles. The first-order valence-electron chi connectivity index (χ1n) is 7.21. The number of aryl methyl sites for hydroxylation is 1. The van der Waals surface area contributed by atoms with Gasteiger partial charge in [0.1, 0.15) is 0 Å². The fourth-order valence-electron chi connectivity index (χ4n) is 2.78. The molecule has 0 saturated heterocycles. The highest BCUT2D eigenvalue weighted by molar-refractivity contribution is 5.91. The molecule has 2 rings (SSSR count). The number of likely N-dealkylation sites (N-methyl/N-ethyl adjacent to an activating group) is 1. The van der Waals surface area contributed by atoms with Gasteiger partial charge >= 0.3 is 0 Å². The molecule has 1 aliphatic carbocycles. The first-order valence-corrected chi connectivity index (χ1v) is 7.21. The Kier molecular flexibility index (Phi) is 4.61. The van der Waals surface area contributed by atoms with Gasteiger partial charge in [0.25, 0.3) is 0 Å². The summed E-state index contributed by atoms with van der Waals surface area (Å²) in [7, 11) is 1.75. The van der Waals surface area contributed by atoms with Crippen LogP contribution in [0.3, 0.4) is 0 Å². The Hall–Kier alpha value is -1.61. The molecule has 3 heteroatoms. The summed E-state index contributed by atoms with van der Waals surface area (Å²) in [5.41, 5.74) is 1.52. The summed E-state index contributed by atoms with van der Waals surface area (Å²) >= 11 is 0. The number of carbonyl (C=O) groups excluding carboxylic acids is 1. The molecule has 0 heterocycles. The number of rotatable bonds is 4. The molecule has 1 amide bonds. The zero-order valence-corrected chi connectivity index (χ0v) is 12.3. The highest BCUT2D eigenvalue weighted by atomic mass is 16.3. The summed E-state index contributed by atoms with van der Waals surface area (Å²) in [6.45, 7) is 2.45. The van der Waals surface area contributed by atoms with Gasteiger partial charge in [0.2, 0.25) is 5.91 Å². The van der Waals surface area contributed by atoms with E-state index in [0.29, 0.717) is 6.54 Å². The van der Waals surface area contributed by atoms with E-state index in [1.165, 1.54) is 5.56 Å². The van der Waals surface area contributed by atoms with Crippen molar-refractivity contribution in [2.45, 2.75) is 38.2 Å². The van der Waals surface area contributed by atoms with Crippen LogP contribution in [0, 0.1) is 6.92 Å². The number of hydrogen-bond acceptors (Lipinski definition) is 2. The molecular formula is C17H23NO2. The molecule has 1 N–H and O–H groups in total. The lowest BCUT2D eigenvalue weighted by molar-refractivity contribution is -0.127. The third kappa shape index (κ3) is 3.94. The zero-order valence-electron chi connectivity index (χ0n) is 12.3. The Morgan fingerprint density at radius 1 is 1.40 bits per heavy atom. The summed E-state index contributed by atoms with van der Waals surface area (Å²) in [6.07, 6.45) is 7.10. The number of hydrogen-bond donors (Lipinski definition) is 1. The molecular weight excluding hydrogens is 250 g/mol. The molecule has 1 saturated carbocycles. The van der Waals surface area contributed by atoms with Crippen LogP contribution in [0.2, 0.25) is 0 Å². The van der Waals surface area contributed by atoms with Gasteiger partial charge in [0.05, 0.1) is 5.60 Å². The zero-order chi connectivity index (χ0) is 14.6. The van der Waals surface area contributed by atoms with E-state index in [9.17, 15) is 9.90 Å². The maximum Gasteiger partial charge on any atom is 0.246 e. The third-order valence-corrected chi connectivity index (χ3v) is 3.90. The molecule has 3 nitrogen and oxygen atoms in total. The summed E-state index contributed by atoms with van der Waals surface area (Å²) in [6, 6.07) is 8.01. The minimum Gasteiger partial charge on any atom is -0.388 e. The largest absolute Gasteiger partial charge is 0.388 e. The SMILES string of the molecule is Cc1cccc(/C=C/C(=O)N(C)CC2(O)CCCC2)c1. The van der Waals surface area contributed by atoms with Crippen molar-refractivity contribution < 1.29 is 9.90 Å². The van der Waals surface area contributed by atoms with E-state index in [1.54, 1.807) is 18.0 Å². The number of amides is 1. The van der Waals surface area contributed by atoms with Crippen LogP contribution >= 0.6 is 0 Å². The first-order chi connectivity index (χ1) is 9.48. The Labute approximate surface area is 120 Å². The van der Waals surface area contributed by atoms with Crippen molar-refractivity contribution in [3.8, 4) is 0 Å². The van der Waals surface area contributed by atoms with Crippen molar-refractivity contribution in [1.82, 2.24) is 4.90 Å². The van der Waals surface area contributed by atoms with Crippen LogP contribution in [0.1, 0.15) is 36.8 Å². The lowest BCUT2D eigenvalue weighted by Crippen LogP contribution is -2.41. The normalized spacial score (nSPS) is 17.6. The van der Waals surface area contributed by atoms with E-state index in [2.05, 4.69) is 0 Å². The van der Waals surface area contributed by atoms with E-state index in [-0.39, 0.29) is 5.91 Å². The highest BCUT2D eigenvalue weighted by Gasteiger charge is 2.32. The van der Waals surface area contributed by atoms with E-state index in [4.69, 9.17) is 0 Å². The van der Waals surface area contributed by atoms with Gasteiger partial charge in [-0.1, -0.05) is 42.7 Å². The van der Waals surface area contributed by atoms with Crippen LogP contribution in [0.5, 0.6) is 0 Å². The average Bonchev–Trinajstić information content (AvgIpc) is 2.82. The van der Waals surface area contributed by atoms with Gasteiger partial charge in [-0.15, -0.1) is 0 Å². The fourth-order valence-corrected chi connectivity index (χ4v) is 2.78. The molecule has 0 atom stereocenters. The van der Waals surface area contributed by atoms with E-state index >= 15 is 0 Å². The predicted molar refractivity (Wildman–Crippen MR) is 81.3 cm³/mol. The second-order valence-corrected chi connectivity index (χ2v) is 5.87. The Balaban J connectivity index is 1.93. The van der Waals surface area contributed by atoms with Gasteiger partial charge in [-0.05, 0) is 31.4 Å². The molecule has 0 spiro atoms. The first kappa shape index (κ1) is 14.8. The van der Waals surface area contributed by atoms with Crippen LogP contribution in [0.25, 0.3) is 6.08 Å². The minimum atomic E-state index is -0.679. The van der Waals surface area contributed by atoms with Crippen LogP contribution in [-0.4, -0.2) is 35.1 Å². The van der Waals surface area contributed by atoms with Gasteiger partial charge in [0.15, 0.2) is 0 Å². The van der Waals surface area contributed by atoms with E-state index in [0.717, 1.165) is 31.2 Å². The van der Waals surface area contributed by atoms with Crippen molar-refractivity contribution in [3.05, 3.63) is 41.5 Å². The monoisotopic (exact) mass is 273 g/mol. The van der Waals surface area contributed by atoms with Gasteiger partial charge < -0.3 is 10.0 Å². The maximum atomic E-state index is 12.1. The van der Waals surface area contributed by atoms with Gasteiger partial charge in [-0.25, -0.2) is 0 Å². The molecule has 0 aliphatic heterocycles. The second kappa shape index (κ2) is 6.23. The molecule has 0 unspecified atom stereocenters. The lowest BCUT2D eigenvalue weighted by Gasteiger charge is -2.27. The fraction of sp³-hybridized carbons (Fsp3) is 0.471. The second-order valence-electron chi connectivity index (χ2n) is 5.87. The quantitative estimate of drug-likeness (QED) is 0.857.